The number of hydrogen-bond donors (Lipinski definition) is 1. The summed E-state index contributed by atoms with van der Waals surface area (Å²) in [6, 6.07) is 16.1. The van der Waals surface area contributed by atoms with Crippen LogP contribution in [0.5, 0.6) is 0 Å². The third-order valence-corrected chi connectivity index (χ3v) is 4.11. The largest absolute Gasteiger partial charge is 0.465 e. The summed E-state index contributed by atoms with van der Waals surface area (Å²) in [4.78, 5) is 29.2. The number of para-hydroxylation sites is 1. The lowest BCUT2D eigenvalue weighted by Crippen LogP contribution is -2.14. The van der Waals surface area contributed by atoms with Crippen molar-refractivity contribution < 1.29 is 14.3 Å². The molecule has 3 aromatic rings. The van der Waals surface area contributed by atoms with Gasteiger partial charge >= 0.3 is 5.97 Å². The van der Waals surface area contributed by atoms with Crippen molar-refractivity contribution in [3.05, 3.63) is 71.4 Å². The SMILES string of the molecule is COC(=O)c1cccc(NC(=O)c2cc(C(C)C)nc3ccccc23)c1. The predicted molar refractivity (Wildman–Crippen MR) is 102 cm³/mol. The lowest BCUT2D eigenvalue weighted by molar-refractivity contribution is 0.0600. The average Bonchev–Trinajstić information content (AvgIpc) is 2.66. The summed E-state index contributed by atoms with van der Waals surface area (Å²) >= 11 is 0. The fourth-order valence-electron chi connectivity index (χ4n) is 2.72. The lowest BCUT2D eigenvalue weighted by Gasteiger charge is -2.12. The summed E-state index contributed by atoms with van der Waals surface area (Å²) in [5, 5.41) is 3.65. The number of carbonyl (C=O) groups excluding carboxylic acids is 2. The molecule has 5 heteroatoms. The molecule has 132 valence electrons. The Hall–Kier alpha value is -3.21. The van der Waals surface area contributed by atoms with Crippen molar-refractivity contribution in [1.29, 1.82) is 0 Å². The van der Waals surface area contributed by atoms with Crippen LogP contribution in [0.25, 0.3) is 10.9 Å². The van der Waals surface area contributed by atoms with Crippen molar-refractivity contribution in [1.82, 2.24) is 4.98 Å². The summed E-state index contributed by atoms with van der Waals surface area (Å²) in [6.45, 7) is 4.08. The maximum atomic E-state index is 12.9. The van der Waals surface area contributed by atoms with Crippen LogP contribution in [-0.2, 0) is 4.74 Å². The first-order valence-corrected chi connectivity index (χ1v) is 8.39. The summed E-state index contributed by atoms with van der Waals surface area (Å²) in [6.07, 6.45) is 0. The van der Waals surface area contributed by atoms with E-state index in [9.17, 15) is 9.59 Å². The van der Waals surface area contributed by atoms with Crippen LogP contribution in [0.3, 0.4) is 0 Å². The number of amides is 1. The van der Waals surface area contributed by atoms with Gasteiger partial charge in [-0.15, -0.1) is 0 Å². The minimum absolute atomic E-state index is 0.203. The molecule has 3 rings (SSSR count). The highest BCUT2D eigenvalue weighted by atomic mass is 16.5. The summed E-state index contributed by atoms with van der Waals surface area (Å²) < 4.78 is 4.72. The van der Waals surface area contributed by atoms with Gasteiger partial charge in [-0.1, -0.05) is 38.1 Å². The van der Waals surface area contributed by atoms with Crippen LogP contribution in [0.1, 0.15) is 46.2 Å². The van der Waals surface area contributed by atoms with E-state index >= 15 is 0 Å². The molecule has 0 bridgehead atoms. The van der Waals surface area contributed by atoms with Gasteiger partial charge in [0, 0.05) is 16.8 Å². The predicted octanol–water partition coefficient (Wildman–Crippen LogP) is 4.40. The molecule has 1 heterocycles. The van der Waals surface area contributed by atoms with Gasteiger partial charge in [-0.25, -0.2) is 4.79 Å². The summed E-state index contributed by atoms with van der Waals surface area (Å²) in [7, 11) is 1.32. The Morgan fingerprint density at radius 2 is 1.81 bits per heavy atom. The Balaban J connectivity index is 1.99. The lowest BCUT2D eigenvalue weighted by atomic mass is 10.0. The molecule has 0 spiro atoms. The zero-order chi connectivity index (χ0) is 18.7. The number of nitrogens with one attached hydrogen (secondary N) is 1. The number of benzene rings is 2. The zero-order valence-electron chi connectivity index (χ0n) is 14.9. The molecule has 5 nitrogen and oxygen atoms in total. The van der Waals surface area contributed by atoms with E-state index in [0.717, 1.165) is 16.6 Å². The van der Waals surface area contributed by atoms with E-state index in [4.69, 9.17) is 4.74 Å². The van der Waals surface area contributed by atoms with Crippen LogP contribution >= 0.6 is 0 Å². The van der Waals surface area contributed by atoms with Crippen LogP contribution < -0.4 is 5.32 Å². The third kappa shape index (κ3) is 3.57. The van der Waals surface area contributed by atoms with Gasteiger partial charge in [0.15, 0.2) is 0 Å². The van der Waals surface area contributed by atoms with Crippen LogP contribution in [0.15, 0.2) is 54.6 Å². The highest BCUT2D eigenvalue weighted by molar-refractivity contribution is 6.12. The molecule has 0 aliphatic carbocycles. The Morgan fingerprint density at radius 1 is 1.04 bits per heavy atom. The molecule has 1 N–H and O–H groups in total. The molecule has 26 heavy (non-hydrogen) atoms. The number of nitrogens with zero attached hydrogens (tertiary/aromatic N) is 1. The number of hydrogen-bond acceptors (Lipinski definition) is 4. The number of ether oxygens (including phenoxy) is 1. The first-order chi connectivity index (χ1) is 12.5. The summed E-state index contributed by atoms with van der Waals surface area (Å²) in [5.74, 6) is -0.487. The smallest absolute Gasteiger partial charge is 0.337 e. The van der Waals surface area contributed by atoms with Gasteiger partial charge in [-0.05, 0) is 36.2 Å². The van der Waals surface area contributed by atoms with Gasteiger partial charge < -0.3 is 10.1 Å². The van der Waals surface area contributed by atoms with Gasteiger partial charge in [0.1, 0.15) is 0 Å². The van der Waals surface area contributed by atoms with Crippen molar-refractivity contribution in [2.24, 2.45) is 0 Å². The Bertz CT molecular complexity index is 980. The molecule has 1 aromatic heterocycles. The van der Waals surface area contributed by atoms with E-state index in [2.05, 4.69) is 10.3 Å². The first kappa shape index (κ1) is 17.6. The number of carbonyl (C=O) groups is 2. The second-order valence-corrected chi connectivity index (χ2v) is 6.29. The second kappa shape index (κ2) is 7.35. The maximum absolute atomic E-state index is 12.9. The maximum Gasteiger partial charge on any atom is 0.337 e. The van der Waals surface area contributed by atoms with E-state index in [-0.39, 0.29) is 11.8 Å². The van der Waals surface area contributed by atoms with Crippen molar-refractivity contribution in [2.75, 3.05) is 12.4 Å². The van der Waals surface area contributed by atoms with Crippen molar-refractivity contribution >= 4 is 28.5 Å². The van der Waals surface area contributed by atoms with Gasteiger partial charge in [-0.3, -0.25) is 9.78 Å². The highest BCUT2D eigenvalue weighted by Crippen LogP contribution is 2.23. The molecule has 0 atom stereocenters. The fourth-order valence-corrected chi connectivity index (χ4v) is 2.72. The minimum atomic E-state index is -0.447. The highest BCUT2D eigenvalue weighted by Gasteiger charge is 2.15. The number of anilines is 1. The van der Waals surface area contributed by atoms with Crippen LogP contribution in [0.4, 0.5) is 5.69 Å². The molecule has 0 aliphatic rings. The van der Waals surface area contributed by atoms with Gasteiger partial charge in [0.2, 0.25) is 0 Å². The quantitative estimate of drug-likeness (QED) is 0.710. The number of fused-ring (bicyclic) bond motifs is 1. The van der Waals surface area contributed by atoms with Crippen molar-refractivity contribution in [2.45, 2.75) is 19.8 Å². The van der Waals surface area contributed by atoms with Crippen molar-refractivity contribution in [3.63, 3.8) is 0 Å². The molecule has 0 fully saturated rings. The molecular weight excluding hydrogens is 328 g/mol. The minimum Gasteiger partial charge on any atom is -0.465 e. The average molecular weight is 348 g/mol. The molecule has 2 aromatic carbocycles. The molecule has 0 aliphatic heterocycles. The topological polar surface area (TPSA) is 68.3 Å². The molecule has 0 saturated heterocycles. The standard InChI is InChI=1S/C21H20N2O3/c1-13(2)19-12-17(16-9-4-5-10-18(16)23-19)20(24)22-15-8-6-7-14(11-15)21(25)26-3/h4-13H,1-3H3,(H,22,24). The Labute approximate surface area is 152 Å². The third-order valence-electron chi connectivity index (χ3n) is 4.11. The van der Waals surface area contributed by atoms with Crippen LogP contribution in [-0.4, -0.2) is 24.0 Å². The number of methoxy groups -OCH3 is 1. The molecule has 0 saturated carbocycles. The molecular formula is C21H20N2O3. The van der Waals surface area contributed by atoms with Gasteiger partial charge in [0.25, 0.3) is 5.91 Å². The zero-order valence-corrected chi connectivity index (χ0v) is 14.9. The number of pyridine rings is 1. The van der Waals surface area contributed by atoms with E-state index in [1.807, 2.05) is 44.2 Å². The van der Waals surface area contributed by atoms with Gasteiger partial charge in [0.05, 0.1) is 23.8 Å². The van der Waals surface area contributed by atoms with E-state index in [0.29, 0.717) is 16.8 Å². The first-order valence-electron chi connectivity index (χ1n) is 8.39. The van der Waals surface area contributed by atoms with Crippen LogP contribution in [0, 0.1) is 0 Å². The van der Waals surface area contributed by atoms with Gasteiger partial charge in [-0.2, -0.15) is 0 Å². The Kier molecular flexibility index (Phi) is 4.98. The molecule has 1 amide bonds. The number of rotatable bonds is 4. The van der Waals surface area contributed by atoms with E-state index < -0.39 is 5.97 Å². The number of aromatic nitrogens is 1. The fraction of sp³-hybridized carbons (Fsp3) is 0.190. The van der Waals surface area contributed by atoms with Crippen LogP contribution in [0.2, 0.25) is 0 Å². The normalized spacial score (nSPS) is 10.8. The van der Waals surface area contributed by atoms with E-state index in [1.165, 1.54) is 7.11 Å². The molecule has 0 radical (unpaired) electrons. The second-order valence-electron chi connectivity index (χ2n) is 6.29. The molecule has 0 unspecified atom stereocenters. The summed E-state index contributed by atoms with van der Waals surface area (Å²) in [5.41, 5.74) is 3.12. The van der Waals surface area contributed by atoms with E-state index in [1.54, 1.807) is 24.3 Å². The van der Waals surface area contributed by atoms with Crippen molar-refractivity contribution in [3.8, 4) is 0 Å². The Morgan fingerprint density at radius 3 is 2.54 bits per heavy atom. The number of esters is 1. The monoisotopic (exact) mass is 348 g/mol.